The first-order valence-corrected chi connectivity index (χ1v) is 7.90. The van der Waals surface area contributed by atoms with Gasteiger partial charge in [0.2, 0.25) is 0 Å². The molecule has 2 rings (SSSR count). The third kappa shape index (κ3) is 3.97. The van der Waals surface area contributed by atoms with Crippen molar-refractivity contribution in [2.75, 3.05) is 25.0 Å². The Kier molecular flexibility index (Phi) is 5.62. The van der Waals surface area contributed by atoms with E-state index in [4.69, 9.17) is 5.11 Å². The van der Waals surface area contributed by atoms with Crippen molar-refractivity contribution in [2.45, 2.75) is 45.6 Å². The maximum atomic E-state index is 12.6. The minimum atomic E-state index is 0.146. The molecule has 0 aromatic heterocycles. The molecule has 1 saturated heterocycles. The summed E-state index contributed by atoms with van der Waals surface area (Å²) in [6.45, 7) is 5.95. The van der Waals surface area contributed by atoms with Gasteiger partial charge in [-0.05, 0) is 63.3 Å². The third-order valence-corrected chi connectivity index (χ3v) is 4.19. The molecule has 1 heterocycles. The van der Waals surface area contributed by atoms with Gasteiger partial charge in [-0.25, -0.2) is 0 Å². The molecule has 1 aliphatic rings. The molecule has 2 N–H and O–H groups in total. The molecule has 4 nitrogen and oxygen atoms in total. The molecule has 0 saturated carbocycles. The lowest BCUT2D eigenvalue weighted by molar-refractivity contribution is 0.0635. The Morgan fingerprint density at radius 1 is 1.43 bits per heavy atom. The van der Waals surface area contributed by atoms with Crippen LogP contribution in [0.1, 0.15) is 48.5 Å². The molecule has 0 aliphatic carbocycles. The van der Waals surface area contributed by atoms with Crippen molar-refractivity contribution in [3.05, 3.63) is 29.3 Å². The maximum Gasteiger partial charge on any atom is 0.254 e. The fraction of sp³-hybridized carbons (Fsp3) is 0.588. The second kappa shape index (κ2) is 7.46. The number of nitrogens with zero attached hydrogens (tertiary/aromatic N) is 1. The fourth-order valence-electron chi connectivity index (χ4n) is 2.86. The van der Waals surface area contributed by atoms with Crippen LogP contribution in [0.2, 0.25) is 0 Å². The molecular weight excluding hydrogens is 264 g/mol. The number of rotatable bonds is 5. The smallest absolute Gasteiger partial charge is 0.254 e. The van der Waals surface area contributed by atoms with Crippen molar-refractivity contribution in [2.24, 2.45) is 0 Å². The first-order chi connectivity index (χ1) is 10.1. The number of aliphatic hydroxyl groups is 1. The first kappa shape index (κ1) is 15.8. The molecule has 21 heavy (non-hydrogen) atoms. The van der Waals surface area contributed by atoms with Gasteiger partial charge in [-0.15, -0.1) is 0 Å². The monoisotopic (exact) mass is 290 g/mol. The number of hydrogen-bond acceptors (Lipinski definition) is 3. The van der Waals surface area contributed by atoms with E-state index in [0.29, 0.717) is 6.04 Å². The van der Waals surface area contributed by atoms with Crippen LogP contribution in [-0.4, -0.2) is 41.7 Å². The molecule has 0 unspecified atom stereocenters. The number of likely N-dealkylation sites (tertiary alicyclic amines) is 1. The highest BCUT2D eigenvalue weighted by atomic mass is 16.3. The summed E-state index contributed by atoms with van der Waals surface area (Å²) in [5.74, 6) is 0.146. The lowest BCUT2D eigenvalue weighted by Crippen LogP contribution is -2.42. The Hall–Kier alpha value is -1.55. The van der Waals surface area contributed by atoms with Gasteiger partial charge in [-0.1, -0.05) is 0 Å². The molecule has 1 amide bonds. The van der Waals surface area contributed by atoms with Gasteiger partial charge in [-0.2, -0.15) is 0 Å². The highest BCUT2D eigenvalue weighted by molar-refractivity contribution is 5.95. The summed E-state index contributed by atoms with van der Waals surface area (Å²) in [6.07, 6.45) is 4.16. The van der Waals surface area contributed by atoms with Crippen LogP contribution < -0.4 is 5.32 Å². The number of carbonyl (C=O) groups is 1. The number of aliphatic hydroxyl groups excluding tert-OH is 1. The average Bonchev–Trinajstić information content (AvgIpc) is 2.49. The van der Waals surface area contributed by atoms with Crippen LogP contribution in [0.4, 0.5) is 5.69 Å². The summed E-state index contributed by atoms with van der Waals surface area (Å²) in [6, 6.07) is 6.17. The minimum Gasteiger partial charge on any atom is -0.396 e. The van der Waals surface area contributed by atoms with E-state index < -0.39 is 0 Å². The molecule has 1 fully saturated rings. The number of benzene rings is 1. The number of anilines is 1. The summed E-state index contributed by atoms with van der Waals surface area (Å²) in [5.41, 5.74) is 2.88. The fourth-order valence-corrected chi connectivity index (χ4v) is 2.86. The van der Waals surface area contributed by atoms with Gasteiger partial charge in [0.15, 0.2) is 0 Å². The summed E-state index contributed by atoms with van der Waals surface area (Å²) in [5, 5.41) is 12.1. The van der Waals surface area contributed by atoms with E-state index in [-0.39, 0.29) is 12.5 Å². The molecule has 1 atom stereocenters. The Labute approximate surface area is 127 Å². The van der Waals surface area contributed by atoms with Gasteiger partial charge >= 0.3 is 0 Å². The normalized spacial score (nSPS) is 18.6. The average molecular weight is 290 g/mol. The van der Waals surface area contributed by atoms with Gasteiger partial charge in [-0.3, -0.25) is 4.79 Å². The second-order valence-corrected chi connectivity index (χ2v) is 5.88. The Balaban J connectivity index is 2.06. The van der Waals surface area contributed by atoms with E-state index in [1.165, 1.54) is 6.42 Å². The van der Waals surface area contributed by atoms with Crippen LogP contribution in [-0.2, 0) is 0 Å². The van der Waals surface area contributed by atoms with Gasteiger partial charge in [0, 0.05) is 37.0 Å². The standard InChI is InChI=1S/C17H26N2O2/c1-13-12-15(7-8-16(13)18-9-5-11-20)17(21)19-10-4-3-6-14(19)2/h7-8,12,14,18,20H,3-6,9-11H2,1-2H3/t14-/m0/s1. The van der Waals surface area contributed by atoms with Gasteiger partial charge < -0.3 is 15.3 Å². The van der Waals surface area contributed by atoms with E-state index in [1.54, 1.807) is 0 Å². The predicted molar refractivity (Wildman–Crippen MR) is 85.7 cm³/mol. The molecule has 0 spiro atoms. The van der Waals surface area contributed by atoms with Crippen LogP contribution in [0.15, 0.2) is 18.2 Å². The molecule has 1 aromatic carbocycles. The highest BCUT2D eigenvalue weighted by Gasteiger charge is 2.24. The second-order valence-electron chi connectivity index (χ2n) is 5.88. The van der Waals surface area contributed by atoms with E-state index in [1.807, 2.05) is 30.0 Å². The molecule has 0 radical (unpaired) electrons. The largest absolute Gasteiger partial charge is 0.396 e. The van der Waals surface area contributed by atoms with E-state index in [2.05, 4.69) is 12.2 Å². The van der Waals surface area contributed by atoms with Crippen molar-refractivity contribution in [3.8, 4) is 0 Å². The van der Waals surface area contributed by atoms with E-state index >= 15 is 0 Å². The zero-order valence-electron chi connectivity index (χ0n) is 13.1. The Morgan fingerprint density at radius 2 is 2.24 bits per heavy atom. The highest BCUT2D eigenvalue weighted by Crippen LogP contribution is 2.22. The SMILES string of the molecule is Cc1cc(C(=O)N2CCCC[C@@H]2C)ccc1NCCCO. The maximum absolute atomic E-state index is 12.6. The number of piperidine rings is 1. The Bertz CT molecular complexity index is 488. The van der Waals surface area contributed by atoms with Crippen molar-refractivity contribution in [1.29, 1.82) is 0 Å². The zero-order valence-corrected chi connectivity index (χ0v) is 13.1. The summed E-state index contributed by atoms with van der Waals surface area (Å²) in [4.78, 5) is 14.6. The lowest BCUT2D eigenvalue weighted by Gasteiger charge is -2.33. The first-order valence-electron chi connectivity index (χ1n) is 7.90. The predicted octanol–water partition coefficient (Wildman–Crippen LogP) is 2.80. The molecule has 0 bridgehead atoms. The molecule has 116 valence electrons. The summed E-state index contributed by atoms with van der Waals surface area (Å²) in [7, 11) is 0. The van der Waals surface area contributed by atoms with Crippen molar-refractivity contribution in [3.63, 3.8) is 0 Å². The van der Waals surface area contributed by atoms with E-state index in [0.717, 1.165) is 49.2 Å². The van der Waals surface area contributed by atoms with Crippen molar-refractivity contribution >= 4 is 11.6 Å². The molecule has 1 aliphatic heterocycles. The molecule has 4 heteroatoms. The number of amides is 1. The van der Waals surface area contributed by atoms with Crippen LogP contribution >= 0.6 is 0 Å². The third-order valence-electron chi connectivity index (χ3n) is 4.19. The Morgan fingerprint density at radius 3 is 2.90 bits per heavy atom. The van der Waals surface area contributed by atoms with Crippen LogP contribution in [0.5, 0.6) is 0 Å². The number of aryl methyl sites for hydroxylation is 1. The van der Waals surface area contributed by atoms with Crippen LogP contribution in [0.3, 0.4) is 0 Å². The van der Waals surface area contributed by atoms with Crippen molar-refractivity contribution < 1.29 is 9.90 Å². The lowest BCUT2D eigenvalue weighted by atomic mass is 10.0. The van der Waals surface area contributed by atoms with Crippen molar-refractivity contribution in [1.82, 2.24) is 4.90 Å². The number of carbonyl (C=O) groups excluding carboxylic acids is 1. The van der Waals surface area contributed by atoms with E-state index in [9.17, 15) is 4.79 Å². The zero-order chi connectivity index (χ0) is 15.2. The number of nitrogens with one attached hydrogen (secondary N) is 1. The van der Waals surface area contributed by atoms with Gasteiger partial charge in [0.1, 0.15) is 0 Å². The number of hydrogen-bond donors (Lipinski definition) is 2. The van der Waals surface area contributed by atoms with Crippen LogP contribution in [0, 0.1) is 6.92 Å². The van der Waals surface area contributed by atoms with Crippen LogP contribution in [0.25, 0.3) is 0 Å². The molecule has 1 aromatic rings. The summed E-state index contributed by atoms with van der Waals surface area (Å²) >= 11 is 0. The van der Waals surface area contributed by atoms with Gasteiger partial charge in [0.25, 0.3) is 5.91 Å². The van der Waals surface area contributed by atoms with Gasteiger partial charge in [0.05, 0.1) is 0 Å². The summed E-state index contributed by atoms with van der Waals surface area (Å²) < 4.78 is 0. The topological polar surface area (TPSA) is 52.6 Å². The minimum absolute atomic E-state index is 0.146. The quantitative estimate of drug-likeness (QED) is 0.820. The molecular formula is C17H26N2O2.